The fourth-order valence-electron chi connectivity index (χ4n) is 4.24. The van der Waals surface area contributed by atoms with Crippen molar-refractivity contribution in [3.05, 3.63) is 59.8 Å². The van der Waals surface area contributed by atoms with Crippen molar-refractivity contribution in [1.29, 1.82) is 0 Å². The van der Waals surface area contributed by atoms with Gasteiger partial charge in [-0.25, -0.2) is 4.79 Å². The molecule has 0 radical (unpaired) electrons. The van der Waals surface area contributed by atoms with Crippen LogP contribution >= 0.6 is 0 Å². The molecule has 0 amide bonds. The molecule has 0 aliphatic carbocycles. The third-order valence-corrected chi connectivity index (χ3v) is 5.30. The summed E-state index contributed by atoms with van der Waals surface area (Å²) in [6, 6.07) is 14.1. The first-order chi connectivity index (χ1) is 12.2. The smallest absolute Gasteiger partial charge is 0.334 e. The number of para-hydroxylation sites is 1. The molecule has 1 aromatic heterocycles. The van der Waals surface area contributed by atoms with E-state index in [2.05, 4.69) is 9.88 Å². The molecule has 2 bridgehead atoms. The maximum Gasteiger partial charge on any atom is 0.334 e. The van der Waals surface area contributed by atoms with Crippen LogP contribution in [0.2, 0.25) is 0 Å². The molecule has 5 nitrogen and oxygen atoms in total. The predicted molar refractivity (Wildman–Crippen MR) is 93.7 cm³/mol. The van der Waals surface area contributed by atoms with Crippen LogP contribution in [0, 0.1) is 0 Å². The van der Waals surface area contributed by atoms with Crippen LogP contribution in [0.3, 0.4) is 0 Å². The van der Waals surface area contributed by atoms with Gasteiger partial charge >= 0.3 is 5.97 Å². The summed E-state index contributed by atoms with van der Waals surface area (Å²) in [5.74, 6) is 0.942. The van der Waals surface area contributed by atoms with Gasteiger partial charge in [0.05, 0.1) is 0 Å². The number of H-pyrrole nitrogens is 1. The Bertz CT molecular complexity index is 964. The number of rotatable bonds is 2. The average molecular weight is 334 g/mol. The number of benzene rings is 2. The number of hydrogen-bond acceptors (Lipinski definition) is 4. The molecule has 2 N–H and O–H groups in total. The molecule has 1 fully saturated rings. The lowest BCUT2D eigenvalue weighted by Crippen LogP contribution is -2.38. The standard InChI is InChI=1S/C20H18N2O3/c23-13-6-7-16-15(10-13)17-12-8-9-22(11-12)19(18(17)21-16)20(24)25-14-4-2-1-3-5-14/h1-7,10,12,19,21,23H,8-9,11H2. The van der Waals surface area contributed by atoms with Crippen molar-refractivity contribution in [2.75, 3.05) is 13.1 Å². The van der Waals surface area contributed by atoms with E-state index in [-0.39, 0.29) is 11.7 Å². The number of nitrogens with one attached hydrogen (secondary N) is 1. The van der Waals surface area contributed by atoms with Gasteiger partial charge in [-0.1, -0.05) is 18.2 Å². The zero-order valence-electron chi connectivity index (χ0n) is 13.6. The first-order valence-corrected chi connectivity index (χ1v) is 8.56. The largest absolute Gasteiger partial charge is 0.508 e. The van der Waals surface area contributed by atoms with Gasteiger partial charge in [0, 0.05) is 35.6 Å². The van der Waals surface area contributed by atoms with Gasteiger partial charge < -0.3 is 14.8 Å². The van der Waals surface area contributed by atoms with Gasteiger partial charge in [-0.15, -0.1) is 0 Å². The van der Waals surface area contributed by atoms with Crippen LogP contribution in [0.5, 0.6) is 11.5 Å². The first kappa shape index (κ1) is 14.5. The number of aromatic amines is 1. The summed E-state index contributed by atoms with van der Waals surface area (Å²) in [7, 11) is 0. The van der Waals surface area contributed by atoms with Crippen LogP contribution in [-0.2, 0) is 4.79 Å². The van der Waals surface area contributed by atoms with Crippen LogP contribution in [0.1, 0.15) is 29.6 Å². The van der Waals surface area contributed by atoms with E-state index in [9.17, 15) is 9.90 Å². The lowest BCUT2D eigenvalue weighted by atomic mass is 9.90. The Morgan fingerprint density at radius 3 is 2.88 bits per heavy atom. The first-order valence-electron chi connectivity index (χ1n) is 8.56. The summed E-state index contributed by atoms with van der Waals surface area (Å²) in [6.45, 7) is 1.73. The van der Waals surface area contributed by atoms with E-state index in [1.54, 1.807) is 24.3 Å². The molecule has 126 valence electrons. The lowest BCUT2D eigenvalue weighted by molar-refractivity contribution is -0.140. The van der Waals surface area contributed by atoms with Gasteiger partial charge in [-0.2, -0.15) is 0 Å². The molecule has 2 aliphatic heterocycles. The number of hydrogen-bond donors (Lipinski definition) is 2. The minimum atomic E-state index is -0.427. The molecule has 5 rings (SSSR count). The molecule has 3 atom stereocenters. The summed E-state index contributed by atoms with van der Waals surface area (Å²) in [5, 5.41) is 10.9. The third kappa shape index (κ3) is 2.23. The van der Waals surface area contributed by atoms with Crippen molar-refractivity contribution in [2.45, 2.75) is 18.4 Å². The van der Waals surface area contributed by atoms with E-state index in [4.69, 9.17) is 4.74 Å². The van der Waals surface area contributed by atoms with Crippen LogP contribution in [0.25, 0.3) is 10.9 Å². The number of phenolic OH excluding ortho intramolecular Hbond substituents is 1. The number of aromatic hydroxyl groups is 1. The highest BCUT2D eigenvalue weighted by molar-refractivity contribution is 5.90. The Balaban J connectivity index is 1.60. The minimum Gasteiger partial charge on any atom is -0.508 e. The Labute approximate surface area is 144 Å². The maximum atomic E-state index is 12.9. The molecule has 3 heterocycles. The molecular formula is C20H18N2O3. The maximum absolute atomic E-state index is 12.9. The normalized spacial score (nSPS) is 24.2. The van der Waals surface area contributed by atoms with E-state index in [0.29, 0.717) is 11.7 Å². The number of aromatic nitrogens is 1. The Kier molecular flexibility index (Phi) is 3.12. The van der Waals surface area contributed by atoms with Crippen LogP contribution in [0.15, 0.2) is 48.5 Å². The van der Waals surface area contributed by atoms with Crippen molar-refractivity contribution in [3.63, 3.8) is 0 Å². The molecule has 5 heteroatoms. The van der Waals surface area contributed by atoms with Crippen molar-refractivity contribution >= 4 is 16.9 Å². The summed E-state index contributed by atoms with van der Waals surface area (Å²) in [5.41, 5.74) is 3.03. The van der Waals surface area contributed by atoms with E-state index >= 15 is 0 Å². The number of carbonyl (C=O) groups is 1. The fourth-order valence-corrected chi connectivity index (χ4v) is 4.24. The molecule has 25 heavy (non-hydrogen) atoms. The minimum absolute atomic E-state index is 0.248. The third-order valence-electron chi connectivity index (χ3n) is 5.30. The number of phenols is 1. The van der Waals surface area contributed by atoms with Gasteiger partial charge in [0.2, 0.25) is 0 Å². The second-order valence-corrected chi connectivity index (χ2v) is 6.80. The van der Waals surface area contributed by atoms with E-state index in [0.717, 1.165) is 41.7 Å². The predicted octanol–water partition coefficient (Wildman–Crippen LogP) is 3.32. The van der Waals surface area contributed by atoms with Crippen LogP contribution in [-0.4, -0.2) is 34.0 Å². The summed E-state index contributed by atoms with van der Waals surface area (Å²) >= 11 is 0. The zero-order valence-corrected chi connectivity index (χ0v) is 13.6. The molecule has 3 unspecified atom stereocenters. The second-order valence-electron chi connectivity index (χ2n) is 6.80. The van der Waals surface area contributed by atoms with E-state index in [1.807, 2.05) is 24.3 Å². The topological polar surface area (TPSA) is 65.6 Å². The molecule has 3 aromatic rings. The van der Waals surface area contributed by atoms with Gasteiger partial charge in [0.15, 0.2) is 0 Å². The fraction of sp³-hybridized carbons (Fsp3) is 0.250. The summed E-state index contributed by atoms with van der Waals surface area (Å²) in [6.07, 6.45) is 1.02. The van der Waals surface area contributed by atoms with Crippen molar-refractivity contribution in [3.8, 4) is 11.5 Å². The number of carbonyl (C=O) groups excluding carboxylic acids is 1. The van der Waals surface area contributed by atoms with Gasteiger partial charge in [-0.05, 0) is 42.3 Å². The molecule has 2 aromatic carbocycles. The quantitative estimate of drug-likeness (QED) is 0.557. The summed E-state index contributed by atoms with van der Waals surface area (Å²) < 4.78 is 5.63. The van der Waals surface area contributed by atoms with Gasteiger partial charge in [0.25, 0.3) is 0 Å². The number of esters is 1. The highest BCUT2D eigenvalue weighted by atomic mass is 16.5. The summed E-state index contributed by atoms with van der Waals surface area (Å²) in [4.78, 5) is 18.5. The molecule has 0 spiro atoms. The van der Waals surface area contributed by atoms with Crippen molar-refractivity contribution in [2.24, 2.45) is 0 Å². The SMILES string of the molecule is O=C(Oc1ccccc1)C1c2[nH]c3ccc(O)cc3c2C2CCN1C2. The van der Waals surface area contributed by atoms with Gasteiger partial charge in [0.1, 0.15) is 17.5 Å². The van der Waals surface area contributed by atoms with Crippen LogP contribution < -0.4 is 4.74 Å². The number of nitrogens with zero attached hydrogens (tertiary/aromatic N) is 1. The van der Waals surface area contributed by atoms with Crippen molar-refractivity contribution < 1.29 is 14.6 Å². The molecule has 0 saturated carbocycles. The van der Waals surface area contributed by atoms with Crippen LogP contribution in [0.4, 0.5) is 0 Å². The molecule has 2 aliphatic rings. The molecule has 1 saturated heterocycles. The lowest BCUT2D eigenvalue weighted by Gasteiger charge is -2.30. The van der Waals surface area contributed by atoms with E-state index in [1.165, 1.54) is 0 Å². The van der Waals surface area contributed by atoms with Crippen molar-refractivity contribution in [1.82, 2.24) is 9.88 Å². The second kappa shape index (κ2) is 5.36. The number of fused-ring (bicyclic) bond motifs is 6. The Hall–Kier alpha value is -2.79. The zero-order chi connectivity index (χ0) is 17.0. The Morgan fingerprint density at radius 1 is 1.20 bits per heavy atom. The monoisotopic (exact) mass is 334 g/mol. The highest BCUT2D eigenvalue weighted by Gasteiger charge is 2.44. The van der Waals surface area contributed by atoms with Gasteiger partial charge in [-0.3, -0.25) is 4.90 Å². The average Bonchev–Trinajstić information content (AvgIpc) is 3.18. The van der Waals surface area contributed by atoms with E-state index < -0.39 is 6.04 Å². The number of ether oxygens (including phenoxy) is 1. The Morgan fingerprint density at radius 2 is 2.04 bits per heavy atom. The highest BCUT2D eigenvalue weighted by Crippen LogP contribution is 2.46. The molecular weight excluding hydrogens is 316 g/mol.